The molecule has 1 aliphatic rings. The first-order valence-corrected chi connectivity index (χ1v) is 6.62. The second kappa shape index (κ2) is 6.70. The van der Waals surface area contributed by atoms with E-state index in [1.807, 2.05) is 13.8 Å². The third-order valence-electron chi connectivity index (χ3n) is 3.23. The highest BCUT2D eigenvalue weighted by Crippen LogP contribution is 2.31. The van der Waals surface area contributed by atoms with Crippen LogP contribution in [0.1, 0.15) is 50.8 Å². The Bertz CT molecular complexity index is 289. The SMILES string of the molecule is CC.CCN1CCCC1c1ccc(C)cc1. The van der Waals surface area contributed by atoms with Crippen molar-refractivity contribution in [3.63, 3.8) is 0 Å². The Hall–Kier alpha value is -0.820. The standard InChI is InChI=1S/C13H19N.C2H6/c1-3-14-10-4-5-13(14)12-8-6-11(2)7-9-12;1-2/h6-9,13H,3-5,10H2,1-2H3;1-2H3. The number of hydrogen-bond acceptors (Lipinski definition) is 1. The number of aryl methyl sites for hydroxylation is 1. The van der Waals surface area contributed by atoms with Gasteiger partial charge in [0.1, 0.15) is 0 Å². The quantitative estimate of drug-likeness (QED) is 0.721. The summed E-state index contributed by atoms with van der Waals surface area (Å²) in [6, 6.07) is 9.70. The van der Waals surface area contributed by atoms with Crippen LogP contribution in [0.3, 0.4) is 0 Å². The lowest BCUT2D eigenvalue weighted by atomic mass is 10.0. The van der Waals surface area contributed by atoms with E-state index in [0.29, 0.717) is 6.04 Å². The van der Waals surface area contributed by atoms with Crippen LogP contribution in [0.25, 0.3) is 0 Å². The highest BCUT2D eigenvalue weighted by molar-refractivity contribution is 5.24. The molecule has 0 bridgehead atoms. The van der Waals surface area contributed by atoms with Crippen LogP contribution in [0, 0.1) is 6.92 Å². The number of likely N-dealkylation sites (tertiary alicyclic amines) is 1. The molecule has 0 spiro atoms. The van der Waals surface area contributed by atoms with Crippen molar-refractivity contribution in [1.29, 1.82) is 0 Å². The predicted octanol–water partition coefficient (Wildman–Crippen LogP) is 4.18. The summed E-state index contributed by atoms with van der Waals surface area (Å²) >= 11 is 0. The molecule has 1 aliphatic heterocycles. The number of nitrogens with zero attached hydrogens (tertiary/aromatic N) is 1. The zero-order valence-electron chi connectivity index (χ0n) is 11.2. The van der Waals surface area contributed by atoms with Crippen molar-refractivity contribution in [2.45, 2.75) is 46.6 Å². The maximum Gasteiger partial charge on any atom is 0.0348 e. The molecule has 1 nitrogen and oxygen atoms in total. The molecule has 0 N–H and O–H groups in total. The van der Waals surface area contributed by atoms with Crippen molar-refractivity contribution in [1.82, 2.24) is 4.90 Å². The van der Waals surface area contributed by atoms with E-state index in [2.05, 4.69) is 43.0 Å². The molecule has 0 amide bonds. The summed E-state index contributed by atoms with van der Waals surface area (Å²) in [7, 11) is 0. The zero-order valence-corrected chi connectivity index (χ0v) is 11.2. The highest BCUT2D eigenvalue weighted by Gasteiger charge is 2.23. The van der Waals surface area contributed by atoms with E-state index in [4.69, 9.17) is 0 Å². The molecule has 2 rings (SSSR count). The van der Waals surface area contributed by atoms with Crippen LogP contribution >= 0.6 is 0 Å². The lowest BCUT2D eigenvalue weighted by Crippen LogP contribution is -2.22. The molecule has 0 aromatic heterocycles. The first kappa shape index (κ1) is 13.2. The first-order chi connectivity index (χ1) is 7.81. The Morgan fingerprint density at radius 2 is 1.81 bits per heavy atom. The lowest BCUT2D eigenvalue weighted by molar-refractivity contribution is 0.271. The van der Waals surface area contributed by atoms with Gasteiger partial charge < -0.3 is 0 Å². The summed E-state index contributed by atoms with van der Waals surface area (Å²) in [4.78, 5) is 2.57. The minimum absolute atomic E-state index is 0.681. The van der Waals surface area contributed by atoms with Gasteiger partial charge in [0.15, 0.2) is 0 Å². The van der Waals surface area contributed by atoms with Gasteiger partial charge in [-0.25, -0.2) is 0 Å². The molecule has 1 aromatic carbocycles. The molecule has 90 valence electrons. The van der Waals surface area contributed by atoms with Gasteiger partial charge in [-0.05, 0) is 38.4 Å². The Balaban J connectivity index is 0.000000606. The number of benzene rings is 1. The molecule has 1 saturated heterocycles. The van der Waals surface area contributed by atoms with Crippen molar-refractivity contribution in [3.8, 4) is 0 Å². The third-order valence-corrected chi connectivity index (χ3v) is 3.23. The largest absolute Gasteiger partial charge is 0.297 e. The Morgan fingerprint density at radius 3 is 2.38 bits per heavy atom. The average Bonchev–Trinajstić information content (AvgIpc) is 2.81. The minimum atomic E-state index is 0.681. The molecular formula is C15H25N. The number of rotatable bonds is 2. The van der Waals surface area contributed by atoms with Crippen molar-refractivity contribution in [3.05, 3.63) is 35.4 Å². The normalized spacial score (nSPS) is 20.4. The maximum absolute atomic E-state index is 2.57. The summed E-state index contributed by atoms with van der Waals surface area (Å²) in [6.07, 6.45) is 2.68. The van der Waals surface area contributed by atoms with E-state index in [1.165, 1.54) is 37.1 Å². The van der Waals surface area contributed by atoms with E-state index in [0.717, 1.165) is 0 Å². The fourth-order valence-corrected chi connectivity index (χ4v) is 2.37. The Labute approximate surface area is 100 Å². The molecule has 1 heteroatoms. The maximum atomic E-state index is 2.57. The van der Waals surface area contributed by atoms with Gasteiger partial charge in [-0.1, -0.05) is 50.6 Å². The predicted molar refractivity (Wildman–Crippen MR) is 71.7 cm³/mol. The van der Waals surface area contributed by atoms with E-state index in [-0.39, 0.29) is 0 Å². The minimum Gasteiger partial charge on any atom is -0.297 e. The van der Waals surface area contributed by atoms with Crippen LogP contribution in [0.2, 0.25) is 0 Å². The molecular weight excluding hydrogens is 194 g/mol. The van der Waals surface area contributed by atoms with Crippen LogP contribution in [0.5, 0.6) is 0 Å². The summed E-state index contributed by atoms with van der Waals surface area (Å²) in [5.74, 6) is 0. The fourth-order valence-electron chi connectivity index (χ4n) is 2.37. The molecule has 16 heavy (non-hydrogen) atoms. The lowest BCUT2D eigenvalue weighted by Gasteiger charge is -2.23. The molecule has 0 radical (unpaired) electrons. The summed E-state index contributed by atoms with van der Waals surface area (Å²) in [5.41, 5.74) is 2.85. The van der Waals surface area contributed by atoms with Crippen molar-refractivity contribution < 1.29 is 0 Å². The molecule has 1 fully saturated rings. The van der Waals surface area contributed by atoms with Crippen LogP contribution in [-0.4, -0.2) is 18.0 Å². The van der Waals surface area contributed by atoms with Gasteiger partial charge in [0.25, 0.3) is 0 Å². The number of hydrogen-bond donors (Lipinski definition) is 0. The van der Waals surface area contributed by atoms with Crippen LogP contribution < -0.4 is 0 Å². The van der Waals surface area contributed by atoms with Gasteiger partial charge in [0, 0.05) is 6.04 Å². The van der Waals surface area contributed by atoms with Gasteiger partial charge in [-0.3, -0.25) is 4.90 Å². The smallest absolute Gasteiger partial charge is 0.0348 e. The van der Waals surface area contributed by atoms with E-state index in [9.17, 15) is 0 Å². The molecule has 0 aliphatic carbocycles. The van der Waals surface area contributed by atoms with E-state index >= 15 is 0 Å². The monoisotopic (exact) mass is 219 g/mol. The van der Waals surface area contributed by atoms with Crippen LogP contribution in [0.15, 0.2) is 24.3 Å². The second-order valence-corrected chi connectivity index (χ2v) is 4.20. The second-order valence-electron chi connectivity index (χ2n) is 4.20. The molecule has 1 atom stereocenters. The van der Waals surface area contributed by atoms with Gasteiger partial charge in [0.2, 0.25) is 0 Å². The van der Waals surface area contributed by atoms with Crippen LogP contribution in [-0.2, 0) is 0 Å². The summed E-state index contributed by atoms with van der Waals surface area (Å²) < 4.78 is 0. The van der Waals surface area contributed by atoms with Gasteiger partial charge in [-0.15, -0.1) is 0 Å². The Kier molecular flexibility index (Phi) is 5.54. The van der Waals surface area contributed by atoms with Gasteiger partial charge >= 0.3 is 0 Å². The van der Waals surface area contributed by atoms with E-state index < -0.39 is 0 Å². The van der Waals surface area contributed by atoms with Crippen LogP contribution in [0.4, 0.5) is 0 Å². The molecule has 1 aromatic rings. The molecule has 0 saturated carbocycles. The molecule has 1 heterocycles. The third kappa shape index (κ3) is 3.08. The summed E-state index contributed by atoms with van der Waals surface area (Å²) in [5, 5.41) is 0. The topological polar surface area (TPSA) is 3.24 Å². The zero-order chi connectivity index (χ0) is 12.0. The Morgan fingerprint density at radius 1 is 1.19 bits per heavy atom. The molecule has 1 unspecified atom stereocenters. The van der Waals surface area contributed by atoms with Gasteiger partial charge in [-0.2, -0.15) is 0 Å². The fraction of sp³-hybridized carbons (Fsp3) is 0.600. The average molecular weight is 219 g/mol. The van der Waals surface area contributed by atoms with E-state index in [1.54, 1.807) is 0 Å². The first-order valence-electron chi connectivity index (χ1n) is 6.62. The van der Waals surface area contributed by atoms with Crippen molar-refractivity contribution >= 4 is 0 Å². The highest BCUT2D eigenvalue weighted by atomic mass is 15.2. The summed E-state index contributed by atoms with van der Waals surface area (Å²) in [6.45, 7) is 10.9. The van der Waals surface area contributed by atoms with Gasteiger partial charge in [0.05, 0.1) is 0 Å². The van der Waals surface area contributed by atoms with Crippen molar-refractivity contribution in [2.75, 3.05) is 13.1 Å². The van der Waals surface area contributed by atoms with Crippen molar-refractivity contribution in [2.24, 2.45) is 0 Å².